The van der Waals surface area contributed by atoms with Crippen LogP contribution >= 0.6 is 0 Å². The van der Waals surface area contributed by atoms with Gasteiger partial charge in [0.2, 0.25) is 11.8 Å². The van der Waals surface area contributed by atoms with Crippen LogP contribution in [0.3, 0.4) is 0 Å². The normalized spacial score (nSPS) is 16.3. The highest BCUT2D eigenvalue weighted by Gasteiger charge is 2.23. The highest BCUT2D eigenvalue weighted by atomic mass is 16.2. The number of rotatable bonds is 6. The average molecular weight is 303 g/mol. The maximum atomic E-state index is 12.0. The standard InChI is InChI=1S/C17H25N3O2/c1-13-7-3-4-8-15(13)19-16(21)9-10-18-17(22)14(2)20-11-5-6-12-20/h3-4,7-8,14H,5-6,9-12H2,1-2H3,(H,18,22)(H,19,21). The number of carbonyl (C=O) groups excluding carboxylic acids is 2. The van der Waals surface area contributed by atoms with E-state index in [-0.39, 0.29) is 24.3 Å². The minimum atomic E-state index is -0.109. The number of amides is 2. The lowest BCUT2D eigenvalue weighted by molar-refractivity contribution is -0.125. The van der Waals surface area contributed by atoms with Crippen LogP contribution in [0, 0.1) is 6.92 Å². The van der Waals surface area contributed by atoms with E-state index in [1.54, 1.807) is 0 Å². The number of para-hydroxylation sites is 1. The van der Waals surface area contributed by atoms with Gasteiger partial charge in [0.05, 0.1) is 6.04 Å². The second-order valence-electron chi connectivity index (χ2n) is 5.82. The molecule has 1 aliphatic heterocycles. The molecule has 0 spiro atoms. The average Bonchev–Trinajstić information content (AvgIpc) is 3.03. The first kappa shape index (κ1) is 16.5. The summed E-state index contributed by atoms with van der Waals surface area (Å²) in [7, 11) is 0. The van der Waals surface area contributed by atoms with Crippen molar-refractivity contribution >= 4 is 17.5 Å². The monoisotopic (exact) mass is 303 g/mol. The Bertz CT molecular complexity index is 524. The van der Waals surface area contributed by atoms with Crippen molar-refractivity contribution < 1.29 is 9.59 Å². The zero-order valence-corrected chi connectivity index (χ0v) is 13.4. The molecule has 2 rings (SSSR count). The van der Waals surface area contributed by atoms with Crippen molar-refractivity contribution in [2.45, 2.75) is 39.2 Å². The minimum Gasteiger partial charge on any atom is -0.354 e. The molecule has 1 heterocycles. The Morgan fingerprint density at radius 2 is 1.91 bits per heavy atom. The molecule has 0 aliphatic carbocycles. The zero-order valence-electron chi connectivity index (χ0n) is 13.4. The van der Waals surface area contributed by atoms with Crippen LogP contribution in [0.15, 0.2) is 24.3 Å². The van der Waals surface area contributed by atoms with Crippen molar-refractivity contribution in [3.05, 3.63) is 29.8 Å². The summed E-state index contributed by atoms with van der Waals surface area (Å²) in [6.45, 7) is 6.22. The predicted molar refractivity (Wildman–Crippen MR) is 87.7 cm³/mol. The van der Waals surface area contributed by atoms with Gasteiger partial charge in [0.25, 0.3) is 0 Å². The first-order valence-electron chi connectivity index (χ1n) is 7.95. The first-order valence-corrected chi connectivity index (χ1v) is 7.95. The van der Waals surface area contributed by atoms with Crippen molar-refractivity contribution in [2.24, 2.45) is 0 Å². The van der Waals surface area contributed by atoms with E-state index in [4.69, 9.17) is 0 Å². The third-order valence-electron chi connectivity index (χ3n) is 4.14. The quantitative estimate of drug-likeness (QED) is 0.844. The summed E-state index contributed by atoms with van der Waals surface area (Å²) in [5, 5.41) is 5.72. The maximum Gasteiger partial charge on any atom is 0.237 e. The third kappa shape index (κ3) is 4.56. The largest absolute Gasteiger partial charge is 0.354 e. The Labute approximate surface area is 132 Å². The lowest BCUT2D eigenvalue weighted by Gasteiger charge is -2.22. The summed E-state index contributed by atoms with van der Waals surface area (Å²) < 4.78 is 0. The molecule has 0 saturated carbocycles. The van der Waals surface area contributed by atoms with Gasteiger partial charge in [0.1, 0.15) is 0 Å². The molecule has 1 aromatic carbocycles. The number of nitrogens with zero attached hydrogens (tertiary/aromatic N) is 1. The molecule has 0 aromatic heterocycles. The topological polar surface area (TPSA) is 61.4 Å². The number of hydrogen-bond donors (Lipinski definition) is 2. The van der Waals surface area contributed by atoms with Crippen LogP contribution in [0.1, 0.15) is 31.7 Å². The number of nitrogens with one attached hydrogen (secondary N) is 2. The van der Waals surface area contributed by atoms with Crippen LogP contribution in [0.5, 0.6) is 0 Å². The molecule has 1 fully saturated rings. The summed E-state index contributed by atoms with van der Waals surface area (Å²) in [4.78, 5) is 26.1. The van der Waals surface area contributed by atoms with Gasteiger partial charge in [-0.05, 0) is 51.4 Å². The Morgan fingerprint density at radius 1 is 1.23 bits per heavy atom. The molecule has 0 bridgehead atoms. The van der Waals surface area contributed by atoms with E-state index in [9.17, 15) is 9.59 Å². The molecule has 2 amide bonds. The van der Waals surface area contributed by atoms with E-state index in [0.29, 0.717) is 6.54 Å². The molecule has 1 aliphatic rings. The Balaban J connectivity index is 1.70. The summed E-state index contributed by atoms with van der Waals surface area (Å²) in [5.74, 6) is -0.0750. The molecule has 0 radical (unpaired) electrons. The fraction of sp³-hybridized carbons (Fsp3) is 0.529. The number of anilines is 1. The number of likely N-dealkylation sites (tertiary alicyclic amines) is 1. The predicted octanol–water partition coefficient (Wildman–Crippen LogP) is 1.92. The lowest BCUT2D eigenvalue weighted by atomic mass is 10.2. The van der Waals surface area contributed by atoms with Crippen LogP contribution in [0.25, 0.3) is 0 Å². The van der Waals surface area contributed by atoms with Gasteiger partial charge in [-0.15, -0.1) is 0 Å². The van der Waals surface area contributed by atoms with Gasteiger partial charge in [0, 0.05) is 18.7 Å². The third-order valence-corrected chi connectivity index (χ3v) is 4.14. The number of hydrogen-bond acceptors (Lipinski definition) is 3. The second kappa shape index (κ2) is 7.94. The highest BCUT2D eigenvalue weighted by Crippen LogP contribution is 2.13. The van der Waals surface area contributed by atoms with Crippen LogP contribution in [0.2, 0.25) is 0 Å². The molecule has 120 valence electrons. The maximum absolute atomic E-state index is 12.0. The Morgan fingerprint density at radius 3 is 2.59 bits per heavy atom. The minimum absolute atomic E-state index is 0.00518. The van der Waals surface area contributed by atoms with Crippen molar-refractivity contribution in [1.82, 2.24) is 10.2 Å². The summed E-state index contributed by atoms with van der Waals surface area (Å²) in [6, 6.07) is 7.55. The van der Waals surface area contributed by atoms with Crippen LogP contribution in [-0.4, -0.2) is 42.4 Å². The molecule has 1 atom stereocenters. The second-order valence-corrected chi connectivity index (χ2v) is 5.82. The van der Waals surface area contributed by atoms with Gasteiger partial charge < -0.3 is 10.6 Å². The van der Waals surface area contributed by atoms with Gasteiger partial charge in [-0.2, -0.15) is 0 Å². The molecular formula is C17H25N3O2. The lowest BCUT2D eigenvalue weighted by Crippen LogP contribution is -2.44. The molecule has 1 aromatic rings. The molecule has 22 heavy (non-hydrogen) atoms. The number of aryl methyl sites for hydroxylation is 1. The zero-order chi connectivity index (χ0) is 15.9. The van der Waals surface area contributed by atoms with E-state index in [1.165, 1.54) is 0 Å². The van der Waals surface area contributed by atoms with Gasteiger partial charge in [0.15, 0.2) is 0 Å². The summed E-state index contributed by atoms with van der Waals surface area (Å²) in [5.41, 5.74) is 1.85. The molecular weight excluding hydrogens is 278 g/mol. The van der Waals surface area contributed by atoms with Gasteiger partial charge in [-0.3, -0.25) is 14.5 Å². The van der Waals surface area contributed by atoms with Crippen LogP contribution in [-0.2, 0) is 9.59 Å². The summed E-state index contributed by atoms with van der Waals surface area (Å²) in [6.07, 6.45) is 2.61. The van der Waals surface area contributed by atoms with E-state index >= 15 is 0 Å². The fourth-order valence-corrected chi connectivity index (χ4v) is 2.67. The molecule has 2 N–H and O–H groups in total. The van der Waals surface area contributed by atoms with E-state index in [2.05, 4.69) is 15.5 Å². The van der Waals surface area contributed by atoms with Crippen molar-refractivity contribution in [3.63, 3.8) is 0 Å². The van der Waals surface area contributed by atoms with E-state index in [1.807, 2.05) is 38.1 Å². The van der Waals surface area contributed by atoms with E-state index < -0.39 is 0 Å². The van der Waals surface area contributed by atoms with Crippen molar-refractivity contribution in [1.29, 1.82) is 0 Å². The number of carbonyl (C=O) groups is 2. The first-order chi connectivity index (χ1) is 10.6. The van der Waals surface area contributed by atoms with E-state index in [0.717, 1.165) is 37.2 Å². The SMILES string of the molecule is Cc1ccccc1NC(=O)CCNC(=O)C(C)N1CCCC1. The van der Waals surface area contributed by atoms with Crippen LogP contribution < -0.4 is 10.6 Å². The Kier molecular flexibility index (Phi) is 5.95. The molecule has 5 nitrogen and oxygen atoms in total. The molecule has 1 unspecified atom stereocenters. The molecule has 1 saturated heterocycles. The summed E-state index contributed by atoms with van der Waals surface area (Å²) >= 11 is 0. The smallest absolute Gasteiger partial charge is 0.237 e. The highest BCUT2D eigenvalue weighted by molar-refractivity contribution is 5.92. The number of benzene rings is 1. The van der Waals surface area contributed by atoms with Crippen molar-refractivity contribution in [3.8, 4) is 0 Å². The Hall–Kier alpha value is -1.88. The van der Waals surface area contributed by atoms with Gasteiger partial charge >= 0.3 is 0 Å². The molecule has 5 heteroatoms. The fourth-order valence-electron chi connectivity index (χ4n) is 2.67. The van der Waals surface area contributed by atoms with Crippen molar-refractivity contribution in [2.75, 3.05) is 25.0 Å². The van der Waals surface area contributed by atoms with Gasteiger partial charge in [-0.25, -0.2) is 0 Å². The van der Waals surface area contributed by atoms with Crippen LogP contribution in [0.4, 0.5) is 5.69 Å². The van der Waals surface area contributed by atoms with Gasteiger partial charge in [-0.1, -0.05) is 18.2 Å².